The number of aromatic nitrogens is 1. The topological polar surface area (TPSA) is 62.5 Å². The van der Waals surface area contributed by atoms with Gasteiger partial charge < -0.3 is 15.1 Å². The van der Waals surface area contributed by atoms with Crippen LogP contribution in [0.25, 0.3) is 0 Å². The van der Waals surface area contributed by atoms with E-state index in [1.807, 2.05) is 30.3 Å². The Morgan fingerprint density at radius 2 is 2.08 bits per heavy atom. The third-order valence-corrected chi connectivity index (χ3v) is 4.07. The zero-order chi connectivity index (χ0) is 15.7. The van der Waals surface area contributed by atoms with E-state index >= 15 is 0 Å². The van der Waals surface area contributed by atoms with Gasteiger partial charge in [-0.3, -0.25) is 4.98 Å². The second-order valence-corrected chi connectivity index (χ2v) is 5.87. The highest BCUT2D eigenvalue weighted by molar-refractivity contribution is 14.0. The largest absolute Gasteiger partial charge is 0.469 e. The van der Waals surface area contributed by atoms with Gasteiger partial charge in [-0.05, 0) is 37.1 Å². The second-order valence-electron chi connectivity index (χ2n) is 5.87. The molecular formula is C18H25IN4O. The van der Waals surface area contributed by atoms with E-state index in [1.165, 1.54) is 25.7 Å². The highest BCUT2D eigenvalue weighted by Gasteiger charge is 2.16. The van der Waals surface area contributed by atoms with Crippen molar-refractivity contribution >= 4 is 29.9 Å². The molecule has 0 spiro atoms. The van der Waals surface area contributed by atoms with Crippen LogP contribution in [0.5, 0.6) is 0 Å². The van der Waals surface area contributed by atoms with E-state index in [2.05, 4.69) is 20.6 Å². The summed E-state index contributed by atoms with van der Waals surface area (Å²) in [4.78, 5) is 9.00. The summed E-state index contributed by atoms with van der Waals surface area (Å²) >= 11 is 0. The summed E-state index contributed by atoms with van der Waals surface area (Å²) in [5.41, 5.74) is 0.978. The maximum atomic E-state index is 5.37. The number of hydrogen-bond donors (Lipinski definition) is 2. The molecule has 0 atom stereocenters. The Balaban J connectivity index is 0.00000208. The van der Waals surface area contributed by atoms with Crippen molar-refractivity contribution in [1.29, 1.82) is 0 Å². The molecule has 1 aliphatic rings. The summed E-state index contributed by atoms with van der Waals surface area (Å²) in [5.74, 6) is 1.86. The van der Waals surface area contributed by atoms with E-state index in [0.717, 1.165) is 30.4 Å². The Morgan fingerprint density at radius 3 is 2.79 bits per heavy atom. The lowest BCUT2D eigenvalue weighted by Crippen LogP contribution is -2.43. The fourth-order valence-electron chi connectivity index (χ4n) is 2.83. The van der Waals surface area contributed by atoms with Crippen molar-refractivity contribution in [2.45, 2.75) is 44.7 Å². The Labute approximate surface area is 160 Å². The molecule has 1 saturated carbocycles. The van der Waals surface area contributed by atoms with Gasteiger partial charge >= 0.3 is 0 Å². The lowest BCUT2D eigenvalue weighted by Gasteiger charge is -2.17. The van der Waals surface area contributed by atoms with Gasteiger partial charge in [0, 0.05) is 25.2 Å². The van der Waals surface area contributed by atoms with Gasteiger partial charge in [0.25, 0.3) is 0 Å². The maximum absolute atomic E-state index is 5.37. The number of pyridine rings is 1. The quantitative estimate of drug-likeness (QED) is 0.410. The smallest absolute Gasteiger partial charge is 0.191 e. The van der Waals surface area contributed by atoms with Gasteiger partial charge in [0.1, 0.15) is 5.76 Å². The molecule has 2 N–H and O–H groups in total. The van der Waals surface area contributed by atoms with Gasteiger partial charge in [-0.15, -0.1) is 24.0 Å². The van der Waals surface area contributed by atoms with Crippen LogP contribution in [0.15, 0.2) is 52.2 Å². The molecule has 3 rings (SSSR count). The summed E-state index contributed by atoms with van der Waals surface area (Å²) < 4.78 is 5.37. The Morgan fingerprint density at radius 1 is 1.21 bits per heavy atom. The van der Waals surface area contributed by atoms with Crippen LogP contribution in [0.2, 0.25) is 0 Å². The van der Waals surface area contributed by atoms with E-state index in [9.17, 15) is 0 Å². The first-order chi connectivity index (χ1) is 11.4. The van der Waals surface area contributed by atoms with Crippen LogP contribution in [-0.2, 0) is 13.0 Å². The fraction of sp³-hybridized carbons (Fsp3) is 0.444. The SMILES string of the molecule is I.c1ccc(CN=C(NCCc2ccco2)NC2CCCC2)nc1. The summed E-state index contributed by atoms with van der Waals surface area (Å²) in [5, 5.41) is 6.95. The van der Waals surface area contributed by atoms with Crippen molar-refractivity contribution in [3.05, 3.63) is 54.2 Å². The molecule has 0 radical (unpaired) electrons. The Bertz CT molecular complexity index is 595. The van der Waals surface area contributed by atoms with Crippen LogP contribution in [-0.4, -0.2) is 23.5 Å². The van der Waals surface area contributed by atoms with E-state index in [4.69, 9.17) is 4.42 Å². The summed E-state index contributed by atoms with van der Waals surface area (Å²) in [6, 6.07) is 10.4. The number of guanidine groups is 1. The predicted octanol–water partition coefficient (Wildman–Crippen LogP) is 3.51. The standard InChI is InChI=1S/C18H24N4O.HI/c1-2-7-15(6-1)22-18(20-12-10-17-9-5-13-23-17)21-14-16-8-3-4-11-19-16;/h3-5,8-9,11,13,15H,1-2,6-7,10,12,14H2,(H2,20,21,22);1H. The van der Waals surface area contributed by atoms with Gasteiger partial charge in [-0.1, -0.05) is 18.9 Å². The minimum atomic E-state index is 0. The summed E-state index contributed by atoms with van der Waals surface area (Å²) in [6.45, 7) is 1.39. The first-order valence-corrected chi connectivity index (χ1v) is 8.37. The fourth-order valence-corrected chi connectivity index (χ4v) is 2.83. The molecule has 24 heavy (non-hydrogen) atoms. The number of nitrogens with zero attached hydrogens (tertiary/aromatic N) is 2. The molecule has 2 heterocycles. The van der Waals surface area contributed by atoms with E-state index in [-0.39, 0.29) is 24.0 Å². The second kappa shape index (κ2) is 10.3. The summed E-state index contributed by atoms with van der Waals surface area (Å²) in [6.07, 6.45) is 9.42. The van der Waals surface area contributed by atoms with Gasteiger partial charge in [-0.2, -0.15) is 0 Å². The molecule has 0 amide bonds. The maximum Gasteiger partial charge on any atom is 0.191 e. The highest BCUT2D eigenvalue weighted by Crippen LogP contribution is 2.17. The molecule has 0 aromatic carbocycles. The van der Waals surface area contributed by atoms with Crippen LogP contribution >= 0.6 is 24.0 Å². The van der Waals surface area contributed by atoms with Gasteiger partial charge in [0.05, 0.1) is 18.5 Å². The van der Waals surface area contributed by atoms with Crippen molar-refractivity contribution in [3.8, 4) is 0 Å². The number of rotatable bonds is 6. The lowest BCUT2D eigenvalue weighted by atomic mass is 10.2. The summed E-state index contributed by atoms with van der Waals surface area (Å²) in [7, 11) is 0. The van der Waals surface area contributed by atoms with Gasteiger partial charge in [-0.25, -0.2) is 4.99 Å². The number of halogens is 1. The molecule has 130 valence electrons. The van der Waals surface area contributed by atoms with Crippen LogP contribution in [0, 0.1) is 0 Å². The predicted molar refractivity (Wildman–Crippen MR) is 107 cm³/mol. The third-order valence-electron chi connectivity index (χ3n) is 4.07. The van der Waals surface area contributed by atoms with Crippen molar-refractivity contribution in [1.82, 2.24) is 15.6 Å². The average molecular weight is 440 g/mol. The minimum Gasteiger partial charge on any atom is -0.469 e. The first-order valence-electron chi connectivity index (χ1n) is 8.37. The van der Waals surface area contributed by atoms with Crippen LogP contribution in [0.3, 0.4) is 0 Å². The normalized spacial score (nSPS) is 15.1. The molecule has 1 aliphatic carbocycles. The third kappa shape index (κ3) is 6.14. The van der Waals surface area contributed by atoms with Crippen molar-refractivity contribution in [2.24, 2.45) is 4.99 Å². The number of hydrogen-bond acceptors (Lipinski definition) is 3. The lowest BCUT2D eigenvalue weighted by molar-refractivity contribution is 0.506. The van der Waals surface area contributed by atoms with Crippen LogP contribution in [0.4, 0.5) is 0 Å². The molecule has 1 fully saturated rings. The number of aliphatic imine (C=N–C) groups is 1. The highest BCUT2D eigenvalue weighted by atomic mass is 127. The zero-order valence-electron chi connectivity index (χ0n) is 13.8. The minimum absolute atomic E-state index is 0. The number of nitrogens with one attached hydrogen (secondary N) is 2. The average Bonchev–Trinajstić information content (AvgIpc) is 3.27. The Kier molecular flexibility index (Phi) is 8.07. The zero-order valence-corrected chi connectivity index (χ0v) is 16.1. The molecule has 2 aromatic heterocycles. The molecule has 0 bridgehead atoms. The Hall–Kier alpha value is -1.57. The van der Waals surface area contributed by atoms with E-state index < -0.39 is 0 Å². The molecule has 0 saturated heterocycles. The first kappa shape index (κ1) is 18.8. The molecule has 0 unspecified atom stereocenters. The molecular weight excluding hydrogens is 415 g/mol. The van der Waals surface area contributed by atoms with Crippen molar-refractivity contribution in [2.75, 3.05) is 6.54 Å². The van der Waals surface area contributed by atoms with Crippen molar-refractivity contribution < 1.29 is 4.42 Å². The number of furan rings is 1. The van der Waals surface area contributed by atoms with E-state index in [0.29, 0.717) is 12.6 Å². The van der Waals surface area contributed by atoms with Gasteiger partial charge in [0.15, 0.2) is 5.96 Å². The molecule has 5 nitrogen and oxygen atoms in total. The molecule has 2 aromatic rings. The van der Waals surface area contributed by atoms with Crippen LogP contribution in [0.1, 0.15) is 37.1 Å². The monoisotopic (exact) mass is 440 g/mol. The van der Waals surface area contributed by atoms with Crippen LogP contribution < -0.4 is 10.6 Å². The molecule has 6 heteroatoms. The molecule has 0 aliphatic heterocycles. The van der Waals surface area contributed by atoms with Crippen molar-refractivity contribution in [3.63, 3.8) is 0 Å². The van der Waals surface area contributed by atoms with E-state index in [1.54, 1.807) is 12.5 Å². The van der Waals surface area contributed by atoms with Gasteiger partial charge in [0.2, 0.25) is 0 Å².